The third-order valence-electron chi connectivity index (χ3n) is 2.96. The number of carbonyl (C=O) groups excluding carboxylic acids is 1. The molecule has 0 aliphatic heterocycles. The summed E-state index contributed by atoms with van der Waals surface area (Å²) in [5.41, 5.74) is 0.811. The van der Waals surface area contributed by atoms with Crippen LogP contribution in [0.5, 0.6) is 0 Å². The topological polar surface area (TPSA) is 37.4 Å². The van der Waals surface area contributed by atoms with Gasteiger partial charge < -0.3 is 4.90 Å². The summed E-state index contributed by atoms with van der Waals surface area (Å²) in [7, 11) is 0.478. The molecule has 0 unspecified atom stereocenters. The maximum atomic E-state index is 12.1. The van der Waals surface area contributed by atoms with E-state index in [4.69, 9.17) is 11.6 Å². The van der Waals surface area contributed by atoms with Gasteiger partial charge in [0.2, 0.25) is 5.91 Å². The molecule has 2 aromatic rings. The van der Waals surface area contributed by atoms with Gasteiger partial charge in [-0.3, -0.25) is 9.00 Å². The van der Waals surface area contributed by atoms with Crippen LogP contribution < -0.4 is 0 Å². The molecule has 0 aliphatic carbocycles. The zero-order valence-electron chi connectivity index (χ0n) is 11.6. The molecule has 0 saturated heterocycles. The van der Waals surface area contributed by atoms with E-state index in [9.17, 15) is 9.00 Å². The Morgan fingerprint density at radius 1 is 1.29 bits per heavy atom. The molecule has 0 bridgehead atoms. The van der Waals surface area contributed by atoms with E-state index in [1.165, 1.54) is 0 Å². The van der Waals surface area contributed by atoms with Crippen molar-refractivity contribution in [3.63, 3.8) is 0 Å². The van der Waals surface area contributed by atoms with Crippen LogP contribution >= 0.6 is 22.9 Å². The Labute approximate surface area is 136 Å². The van der Waals surface area contributed by atoms with Crippen LogP contribution in [0.4, 0.5) is 0 Å². The average molecular weight is 342 g/mol. The molecule has 1 heterocycles. The van der Waals surface area contributed by atoms with Crippen molar-refractivity contribution in [1.29, 1.82) is 0 Å². The van der Waals surface area contributed by atoms with Crippen molar-refractivity contribution in [2.75, 3.05) is 12.8 Å². The maximum Gasteiger partial charge on any atom is 0.235 e. The van der Waals surface area contributed by atoms with Crippen LogP contribution in [0.1, 0.15) is 10.4 Å². The number of rotatable bonds is 6. The highest BCUT2D eigenvalue weighted by Gasteiger charge is 2.14. The summed E-state index contributed by atoms with van der Waals surface area (Å²) in [5.74, 6) is 0.208. The monoisotopic (exact) mass is 341 g/mol. The molecule has 21 heavy (non-hydrogen) atoms. The number of hydrogen-bond donors (Lipinski definition) is 0. The fourth-order valence-corrected chi connectivity index (χ4v) is 4.05. The van der Waals surface area contributed by atoms with Gasteiger partial charge in [0.05, 0.1) is 12.3 Å². The zero-order valence-corrected chi connectivity index (χ0v) is 14.0. The number of halogens is 1. The minimum absolute atomic E-state index is 0.0209. The summed E-state index contributed by atoms with van der Waals surface area (Å²) in [4.78, 5) is 14.8. The number of carbonyl (C=O) groups is 1. The van der Waals surface area contributed by atoms with Gasteiger partial charge in [0.1, 0.15) is 5.75 Å². The van der Waals surface area contributed by atoms with Crippen LogP contribution in [0.15, 0.2) is 41.8 Å². The lowest BCUT2D eigenvalue weighted by Gasteiger charge is -2.16. The van der Waals surface area contributed by atoms with Crippen molar-refractivity contribution in [3.8, 4) is 0 Å². The first-order chi connectivity index (χ1) is 10.1. The Kier molecular flexibility index (Phi) is 5.96. The predicted octanol–water partition coefficient (Wildman–Crippen LogP) is 3.31. The van der Waals surface area contributed by atoms with E-state index in [1.807, 2.05) is 35.7 Å². The summed E-state index contributed by atoms with van der Waals surface area (Å²) >= 11 is 7.64. The quantitative estimate of drug-likeness (QED) is 0.808. The van der Waals surface area contributed by atoms with E-state index in [0.717, 1.165) is 10.4 Å². The lowest BCUT2D eigenvalue weighted by atomic mass is 10.2. The van der Waals surface area contributed by atoms with Crippen LogP contribution in [0.3, 0.4) is 0 Å². The second kappa shape index (κ2) is 7.73. The lowest BCUT2D eigenvalue weighted by Crippen LogP contribution is -2.30. The van der Waals surface area contributed by atoms with Gasteiger partial charge in [-0.1, -0.05) is 35.9 Å². The van der Waals surface area contributed by atoms with Gasteiger partial charge in [-0.2, -0.15) is 0 Å². The number of nitrogens with zero attached hydrogens (tertiary/aromatic N) is 1. The molecule has 0 fully saturated rings. The minimum Gasteiger partial charge on any atom is -0.340 e. The summed E-state index contributed by atoms with van der Waals surface area (Å²) in [5, 5.41) is 2.56. The molecular formula is C15H16ClNO2S2. The van der Waals surface area contributed by atoms with Crippen molar-refractivity contribution in [2.45, 2.75) is 12.3 Å². The highest BCUT2D eigenvalue weighted by Crippen LogP contribution is 2.17. The third kappa shape index (κ3) is 4.95. The Morgan fingerprint density at radius 3 is 2.71 bits per heavy atom. The van der Waals surface area contributed by atoms with Crippen LogP contribution in [0.25, 0.3) is 0 Å². The Hall–Kier alpha value is -1.17. The number of amides is 1. The van der Waals surface area contributed by atoms with Crippen LogP contribution in [0, 0.1) is 0 Å². The van der Waals surface area contributed by atoms with E-state index in [0.29, 0.717) is 17.3 Å². The van der Waals surface area contributed by atoms with Gasteiger partial charge in [0.25, 0.3) is 0 Å². The molecule has 1 amide bonds. The first-order valence-corrected chi connectivity index (χ1v) is 9.15. The van der Waals surface area contributed by atoms with Crippen molar-refractivity contribution in [3.05, 3.63) is 57.2 Å². The predicted molar refractivity (Wildman–Crippen MR) is 89.0 cm³/mol. The molecule has 1 aromatic carbocycles. The second-order valence-electron chi connectivity index (χ2n) is 4.65. The largest absolute Gasteiger partial charge is 0.340 e. The normalized spacial score (nSPS) is 12.1. The first kappa shape index (κ1) is 16.2. The zero-order chi connectivity index (χ0) is 15.2. The molecule has 2 rings (SSSR count). The summed E-state index contributed by atoms with van der Waals surface area (Å²) in [6.45, 7) is 0.555. The van der Waals surface area contributed by atoms with Gasteiger partial charge in [-0.25, -0.2) is 0 Å². The average Bonchev–Trinajstić information content (AvgIpc) is 2.94. The Balaban J connectivity index is 1.87. The van der Waals surface area contributed by atoms with Gasteiger partial charge in [0.15, 0.2) is 0 Å². The van der Waals surface area contributed by atoms with E-state index in [2.05, 4.69) is 0 Å². The van der Waals surface area contributed by atoms with E-state index in [1.54, 1.807) is 29.4 Å². The number of benzene rings is 1. The lowest BCUT2D eigenvalue weighted by molar-refractivity contribution is -0.127. The number of thiophene rings is 1. The Bertz CT molecular complexity index is 628. The molecule has 3 nitrogen and oxygen atoms in total. The highest BCUT2D eigenvalue weighted by molar-refractivity contribution is 7.84. The molecule has 6 heteroatoms. The number of hydrogen-bond acceptors (Lipinski definition) is 3. The minimum atomic E-state index is -1.25. The van der Waals surface area contributed by atoms with Crippen molar-refractivity contribution >= 4 is 39.6 Å². The van der Waals surface area contributed by atoms with Gasteiger partial charge in [-0.15, -0.1) is 11.3 Å². The maximum absolute atomic E-state index is 12.1. The van der Waals surface area contributed by atoms with Crippen LogP contribution in [0.2, 0.25) is 5.02 Å². The molecule has 112 valence electrons. The molecule has 0 radical (unpaired) electrons. The second-order valence-corrected chi connectivity index (χ2v) is 7.55. The summed E-state index contributed by atoms with van der Waals surface area (Å²) in [6.07, 6.45) is 0. The fraction of sp³-hybridized carbons (Fsp3) is 0.267. The van der Waals surface area contributed by atoms with Crippen LogP contribution in [-0.4, -0.2) is 27.8 Å². The summed E-state index contributed by atoms with van der Waals surface area (Å²) in [6, 6.07) is 11.2. The molecule has 1 aromatic heterocycles. The SMILES string of the molecule is CN(Cc1cccs1)C(=O)C[S@](=O)Cc1ccccc1Cl. The van der Waals surface area contributed by atoms with Crippen LogP contribution in [-0.2, 0) is 27.9 Å². The third-order valence-corrected chi connectivity index (χ3v) is 5.39. The van der Waals surface area contributed by atoms with Crippen molar-refractivity contribution in [2.24, 2.45) is 0 Å². The molecule has 0 aliphatic rings. The van der Waals surface area contributed by atoms with E-state index < -0.39 is 10.8 Å². The van der Waals surface area contributed by atoms with Crippen molar-refractivity contribution < 1.29 is 9.00 Å². The van der Waals surface area contributed by atoms with Gasteiger partial charge >= 0.3 is 0 Å². The molecule has 1 atom stereocenters. The standard InChI is InChI=1S/C15H16ClNO2S2/c1-17(9-13-6-4-8-20-13)15(18)11-21(19)10-12-5-2-3-7-14(12)16/h2-8H,9-11H2,1H3/t21-/m1/s1. The summed E-state index contributed by atoms with van der Waals surface area (Å²) < 4.78 is 12.1. The van der Waals surface area contributed by atoms with Gasteiger partial charge in [0, 0.05) is 27.7 Å². The van der Waals surface area contributed by atoms with E-state index in [-0.39, 0.29) is 11.7 Å². The van der Waals surface area contributed by atoms with Gasteiger partial charge in [-0.05, 0) is 23.1 Å². The fourth-order valence-electron chi connectivity index (χ4n) is 1.81. The Morgan fingerprint density at radius 2 is 2.05 bits per heavy atom. The smallest absolute Gasteiger partial charge is 0.235 e. The van der Waals surface area contributed by atoms with Crippen molar-refractivity contribution in [1.82, 2.24) is 4.90 Å². The first-order valence-electron chi connectivity index (χ1n) is 6.41. The molecular weight excluding hydrogens is 326 g/mol. The molecule has 0 saturated carbocycles. The molecule has 0 spiro atoms. The highest BCUT2D eigenvalue weighted by atomic mass is 35.5. The van der Waals surface area contributed by atoms with E-state index >= 15 is 0 Å². The molecule has 0 N–H and O–H groups in total.